The summed E-state index contributed by atoms with van der Waals surface area (Å²) in [5, 5.41) is 17.5. The van der Waals surface area contributed by atoms with Gasteiger partial charge in [-0.25, -0.2) is 0 Å². The quantitative estimate of drug-likeness (QED) is 0.619. The first-order valence-corrected chi connectivity index (χ1v) is 5.90. The van der Waals surface area contributed by atoms with Crippen LogP contribution in [0.5, 0.6) is 0 Å². The molecule has 0 amide bonds. The largest absolute Gasteiger partial charge is 0.383 e. The summed E-state index contributed by atoms with van der Waals surface area (Å²) in [4.78, 5) is 10.5. The fraction of sp³-hybridized carbons (Fsp3) is 0.500. The summed E-state index contributed by atoms with van der Waals surface area (Å²) >= 11 is 0. The first-order valence-electron chi connectivity index (χ1n) is 5.90. The maximum absolute atomic E-state index is 10.8. The minimum atomic E-state index is -0.339. The van der Waals surface area contributed by atoms with Gasteiger partial charge in [-0.2, -0.15) is 0 Å². The molecule has 0 spiro atoms. The van der Waals surface area contributed by atoms with Crippen LogP contribution in [-0.2, 0) is 0 Å². The monoisotopic (exact) mass is 235 g/mol. The summed E-state index contributed by atoms with van der Waals surface area (Å²) in [6, 6.07) is 5.62. The Labute approximate surface area is 100 Å². The summed E-state index contributed by atoms with van der Waals surface area (Å²) in [5.74, 6) is 0. The van der Waals surface area contributed by atoms with E-state index in [1.165, 1.54) is 18.9 Å². The van der Waals surface area contributed by atoms with E-state index < -0.39 is 0 Å². The van der Waals surface area contributed by atoms with Crippen LogP contribution in [0.15, 0.2) is 18.2 Å². The Hall–Kier alpha value is -1.62. The number of benzene rings is 1. The predicted octanol–water partition coefficient (Wildman–Crippen LogP) is 2.07. The molecular weight excluding hydrogens is 218 g/mol. The van der Waals surface area contributed by atoms with Crippen LogP contribution in [0.25, 0.3) is 0 Å². The van der Waals surface area contributed by atoms with E-state index in [9.17, 15) is 10.1 Å². The molecule has 0 bridgehead atoms. The Bertz CT molecular complexity index is 414. The second-order valence-electron chi connectivity index (χ2n) is 4.38. The zero-order chi connectivity index (χ0) is 12.3. The topological polar surface area (TPSA) is 67.2 Å². The molecule has 0 aliphatic carbocycles. The Morgan fingerprint density at radius 1 is 1.59 bits per heavy atom. The number of nitrogens with one attached hydrogen (secondary N) is 2. The summed E-state index contributed by atoms with van der Waals surface area (Å²) in [7, 11) is 0. The van der Waals surface area contributed by atoms with Crippen molar-refractivity contribution in [1.82, 2.24) is 5.32 Å². The van der Waals surface area contributed by atoms with E-state index in [2.05, 4.69) is 10.6 Å². The Morgan fingerprint density at radius 2 is 2.41 bits per heavy atom. The highest BCUT2D eigenvalue weighted by molar-refractivity contribution is 5.59. The second kappa shape index (κ2) is 5.14. The number of nitro benzene ring substituents is 1. The molecule has 0 radical (unpaired) electrons. The number of anilines is 1. The molecule has 5 heteroatoms. The molecule has 2 N–H and O–H groups in total. The summed E-state index contributed by atoms with van der Waals surface area (Å²) in [6.07, 6.45) is 2.38. The number of nitro groups is 1. The standard InChI is InChI=1S/C12H17N3O2/c1-9-11(5-2-6-12(9)15(16)17)14-8-10-4-3-7-13-10/h2,5-6,10,13-14H,3-4,7-8H2,1H3. The van der Waals surface area contributed by atoms with E-state index in [1.807, 2.05) is 6.07 Å². The molecule has 1 unspecified atom stereocenters. The Morgan fingerprint density at radius 3 is 3.06 bits per heavy atom. The lowest BCUT2D eigenvalue weighted by atomic mass is 10.1. The minimum absolute atomic E-state index is 0.175. The van der Waals surface area contributed by atoms with Gasteiger partial charge in [-0.15, -0.1) is 0 Å². The third kappa shape index (κ3) is 2.74. The average molecular weight is 235 g/mol. The maximum atomic E-state index is 10.8. The molecular formula is C12H17N3O2. The van der Waals surface area contributed by atoms with Crippen LogP contribution in [0.3, 0.4) is 0 Å². The molecule has 1 fully saturated rings. The van der Waals surface area contributed by atoms with Crippen LogP contribution >= 0.6 is 0 Å². The van der Waals surface area contributed by atoms with Crippen molar-refractivity contribution >= 4 is 11.4 Å². The van der Waals surface area contributed by atoms with Crippen molar-refractivity contribution in [3.05, 3.63) is 33.9 Å². The van der Waals surface area contributed by atoms with Crippen molar-refractivity contribution in [1.29, 1.82) is 0 Å². The molecule has 1 atom stereocenters. The SMILES string of the molecule is Cc1c(NCC2CCCN2)cccc1[N+](=O)[O-]. The fourth-order valence-corrected chi connectivity index (χ4v) is 2.18. The smallest absolute Gasteiger partial charge is 0.274 e. The van der Waals surface area contributed by atoms with Gasteiger partial charge in [-0.05, 0) is 32.4 Å². The lowest BCUT2D eigenvalue weighted by molar-refractivity contribution is -0.385. The van der Waals surface area contributed by atoms with Gasteiger partial charge >= 0.3 is 0 Å². The van der Waals surface area contributed by atoms with E-state index in [-0.39, 0.29) is 10.6 Å². The van der Waals surface area contributed by atoms with E-state index in [0.29, 0.717) is 11.6 Å². The number of nitrogens with zero attached hydrogens (tertiary/aromatic N) is 1. The highest BCUT2D eigenvalue weighted by atomic mass is 16.6. The first-order chi connectivity index (χ1) is 8.18. The van der Waals surface area contributed by atoms with Gasteiger partial charge in [-0.1, -0.05) is 6.07 Å². The second-order valence-corrected chi connectivity index (χ2v) is 4.38. The minimum Gasteiger partial charge on any atom is -0.383 e. The van der Waals surface area contributed by atoms with Crippen LogP contribution in [0.4, 0.5) is 11.4 Å². The van der Waals surface area contributed by atoms with E-state index >= 15 is 0 Å². The zero-order valence-corrected chi connectivity index (χ0v) is 9.90. The van der Waals surface area contributed by atoms with Gasteiger partial charge in [0.2, 0.25) is 0 Å². The first kappa shape index (κ1) is 11.9. The fourth-order valence-electron chi connectivity index (χ4n) is 2.18. The highest BCUT2D eigenvalue weighted by Gasteiger charge is 2.16. The van der Waals surface area contributed by atoms with Crippen molar-refractivity contribution in [2.45, 2.75) is 25.8 Å². The molecule has 1 aromatic rings. The van der Waals surface area contributed by atoms with Crippen LogP contribution in [0.2, 0.25) is 0 Å². The lowest BCUT2D eigenvalue weighted by Gasteiger charge is -2.14. The Kier molecular flexibility index (Phi) is 3.58. The Balaban J connectivity index is 2.04. The van der Waals surface area contributed by atoms with Gasteiger partial charge in [0.05, 0.1) is 4.92 Å². The van der Waals surface area contributed by atoms with Crippen LogP contribution in [0, 0.1) is 17.0 Å². The molecule has 1 aliphatic rings. The van der Waals surface area contributed by atoms with Crippen molar-refractivity contribution in [2.24, 2.45) is 0 Å². The molecule has 1 aromatic carbocycles. The number of hydrogen-bond acceptors (Lipinski definition) is 4. The van der Waals surface area contributed by atoms with Crippen LogP contribution in [0.1, 0.15) is 18.4 Å². The van der Waals surface area contributed by atoms with Crippen molar-refractivity contribution in [3.63, 3.8) is 0 Å². The van der Waals surface area contributed by atoms with Gasteiger partial charge in [0.15, 0.2) is 0 Å². The summed E-state index contributed by atoms with van der Waals surface area (Å²) < 4.78 is 0. The predicted molar refractivity (Wildman–Crippen MR) is 67.3 cm³/mol. The van der Waals surface area contributed by atoms with Crippen LogP contribution < -0.4 is 10.6 Å². The molecule has 17 heavy (non-hydrogen) atoms. The van der Waals surface area contributed by atoms with Gasteiger partial charge in [0, 0.05) is 29.9 Å². The van der Waals surface area contributed by atoms with E-state index in [1.54, 1.807) is 13.0 Å². The molecule has 5 nitrogen and oxygen atoms in total. The van der Waals surface area contributed by atoms with E-state index in [4.69, 9.17) is 0 Å². The van der Waals surface area contributed by atoms with Gasteiger partial charge < -0.3 is 10.6 Å². The van der Waals surface area contributed by atoms with Gasteiger partial charge in [0.1, 0.15) is 0 Å². The van der Waals surface area contributed by atoms with Crippen molar-refractivity contribution < 1.29 is 4.92 Å². The average Bonchev–Trinajstić information content (AvgIpc) is 2.80. The molecule has 0 aromatic heterocycles. The van der Waals surface area contributed by atoms with Crippen molar-refractivity contribution in [2.75, 3.05) is 18.4 Å². The third-order valence-electron chi connectivity index (χ3n) is 3.20. The van der Waals surface area contributed by atoms with E-state index in [0.717, 1.165) is 18.8 Å². The molecule has 2 rings (SSSR count). The molecule has 92 valence electrons. The molecule has 1 heterocycles. The van der Waals surface area contributed by atoms with Crippen molar-refractivity contribution in [3.8, 4) is 0 Å². The molecule has 1 saturated heterocycles. The normalized spacial score (nSPS) is 19.2. The highest BCUT2D eigenvalue weighted by Crippen LogP contribution is 2.25. The molecule has 1 aliphatic heterocycles. The molecule has 0 saturated carbocycles. The zero-order valence-electron chi connectivity index (χ0n) is 9.90. The lowest BCUT2D eigenvalue weighted by Crippen LogP contribution is -2.29. The number of hydrogen-bond donors (Lipinski definition) is 2. The van der Waals surface area contributed by atoms with Gasteiger partial charge in [-0.3, -0.25) is 10.1 Å². The van der Waals surface area contributed by atoms with Crippen LogP contribution in [-0.4, -0.2) is 24.1 Å². The summed E-state index contributed by atoms with van der Waals surface area (Å²) in [5.41, 5.74) is 1.73. The van der Waals surface area contributed by atoms with Gasteiger partial charge in [0.25, 0.3) is 5.69 Å². The summed E-state index contributed by atoms with van der Waals surface area (Å²) in [6.45, 7) is 3.67. The third-order valence-corrected chi connectivity index (χ3v) is 3.20. The maximum Gasteiger partial charge on any atom is 0.274 e. The number of rotatable bonds is 4.